The molecule has 1 amide bonds. The highest BCUT2D eigenvalue weighted by molar-refractivity contribution is 7.90. The van der Waals surface area contributed by atoms with Crippen LogP contribution in [0.3, 0.4) is 0 Å². The monoisotopic (exact) mass is 390 g/mol. The smallest absolute Gasteiger partial charge is 0.293 e. The molecule has 8 heteroatoms. The number of nitrogens with one attached hydrogen (secondary N) is 1. The van der Waals surface area contributed by atoms with E-state index in [0.717, 1.165) is 5.69 Å². The molecular formula is C18H18N2O4S2. The van der Waals surface area contributed by atoms with Crippen LogP contribution in [-0.2, 0) is 15.6 Å². The highest BCUT2D eigenvalue weighted by atomic mass is 32.2. The van der Waals surface area contributed by atoms with E-state index in [0.29, 0.717) is 5.13 Å². The zero-order chi connectivity index (χ0) is 18.7. The molecule has 1 N–H and O–H groups in total. The molecule has 0 saturated carbocycles. The largest absolute Gasteiger partial charge is 0.455 e. The minimum Gasteiger partial charge on any atom is -0.455 e. The number of hydrogen-bond acceptors (Lipinski definition) is 6. The lowest BCUT2D eigenvalue weighted by Crippen LogP contribution is -2.11. The molecule has 1 aromatic carbocycles. The van der Waals surface area contributed by atoms with E-state index in [4.69, 9.17) is 4.42 Å². The van der Waals surface area contributed by atoms with Crippen molar-refractivity contribution in [3.8, 4) is 0 Å². The Morgan fingerprint density at radius 2 is 1.92 bits per heavy atom. The molecule has 0 radical (unpaired) electrons. The van der Waals surface area contributed by atoms with Crippen molar-refractivity contribution < 1.29 is 17.6 Å². The maximum atomic E-state index is 12.4. The van der Waals surface area contributed by atoms with Gasteiger partial charge in [0.05, 0.1) is 10.6 Å². The summed E-state index contributed by atoms with van der Waals surface area (Å²) in [6.07, 6.45) is 0. The van der Waals surface area contributed by atoms with Gasteiger partial charge in [0.2, 0.25) is 0 Å². The van der Waals surface area contributed by atoms with Crippen molar-refractivity contribution in [3.63, 3.8) is 0 Å². The second-order valence-electron chi connectivity index (χ2n) is 6.02. The Labute approximate surface area is 155 Å². The molecule has 0 aliphatic heterocycles. The van der Waals surface area contributed by atoms with Gasteiger partial charge in [-0.15, -0.1) is 11.3 Å². The molecule has 0 saturated heterocycles. The third-order valence-electron chi connectivity index (χ3n) is 3.65. The summed E-state index contributed by atoms with van der Waals surface area (Å²) in [5, 5.41) is 5.04. The van der Waals surface area contributed by atoms with Crippen molar-refractivity contribution >= 4 is 32.2 Å². The molecule has 0 atom stereocenters. The molecule has 0 unspecified atom stereocenters. The van der Waals surface area contributed by atoms with Gasteiger partial charge in [0.15, 0.2) is 20.7 Å². The summed E-state index contributed by atoms with van der Waals surface area (Å²) in [5.41, 5.74) is 0.902. The van der Waals surface area contributed by atoms with Crippen LogP contribution in [0.5, 0.6) is 0 Å². The van der Waals surface area contributed by atoms with Gasteiger partial charge < -0.3 is 4.42 Å². The Morgan fingerprint density at radius 1 is 1.19 bits per heavy atom. The van der Waals surface area contributed by atoms with Gasteiger partial charge in [0.25, 0.3) is 5.91 Å². The van der Waals surface area contributed by atoms with Crippen LogP contribution in [0.1, 0.15) is 41.8 Å². The van der Waals surface area contributed by atoms with Gasteiger partial charge in [-0.1, -0.05) is 32.0 Å². The fraction of sp³-hybridized carbons (Fsp3) is 0.222. The van der Waals surface area contributed by atoms with E-state index in [1.54, 1.807) is 18.2 Å². The fourth-order valence-corrected chi connectivity index (χ4v) is 4.38. The lowest BCUT2D eigenvalue weighted by atomic mass is 10.2. The highest BCUT2D eigenvalue weighted by Gasteiger charge is 2.19. The summed E-state index contributed by atoms with van der Waals surface area (Å²) >= 11 is 1.33. The molecule has 6 nitrogen and oxygen atoms in total. The van der Waals surface area contributed by atoms with Gasteiger partial charge in [-0.2, -0.15) is 0 Å². The van der Waals surface area contributed by atoms with E-state index in [-0.39, 0.29) is 28.1 Å². The zero-order valence-electron chi connectivity index (χ0n) is 14.3. The van der Waals surface area contributed by atoms with E-state index < -0.39 is 15.7 Å². The zero-order valence-corrected chi connectivity index (χ0v) is 15.9. The summed E-state index contributed by atoms with van der Waals surface area (Å²) in [4.78, 5) is 16.8. The van der Waals surface area contributed by atoms with Crippen molar-refractivity contribution in [2.24, 2.45) is 0 Å². The number of hydrogen-bond donors (Lipinski definition) is 1. The van der Waals surface area contributed by atoms with Crippen molar-refractivity contribution in [1.29, 1.82) is 0 Å². The first-order valence-electron chi connectivity index (χ1n) is 7.98. The lowest BCUT2D eigenvalue weighted by molar-refractivity contribution is 0.0995. The SMILES string of the molecule is CC(C)c1csc(NC(=O)c2ccc(CS(=O)(=O)c3ccccc3)o2)n1. The van der Waals surface area contributed by atoms with Gasteiger partial charge in [0.1, 0.15) is 11.5 Å². The van der Waals surface area contributed by atoms with Crippen LogP contribution in [0, 0.1) is 0 Å². The van der Waals surface area contributed by atoms with Gasteiger partial charge >= 0.3 is 0 Å². The number of sulfone groups is 1. The summed E-state index contributed by atoms with van der Waals surface area (Å²) in [6.45, 7) is 4.04. The molecule has 26 heavy (non-hydrogen) atoms. The van der Waals surface area contributed by atoms with Crippen molar-refractivity contribution in [3.05, 3.63) is 65.1 Å². The Kier molecular flexibility index (Phi) is 5.24. The maximum Gasteiger partial charge on any atom is 0.293 e. The molecule has 2 heterocycles. The predicted molar refractivity (Wildman–Crippen MR) is 100 cm³/mol. The Bertz CT molecular complexity index is 1000. The van der Waals surface area contributed by atoms with Crippen LogP contribution >= 0.6 is 11.3 Å². The lowest BCUT2D eigenvalue weighted by Gasteiger charge is -2.02. The molecular weight excluding hydrogens is 372 g/mol. The number of thiazole rings is 1. The van der Waals surface area contributed by atoms with Crippen LogP contribution in [0.4, 0.5) is 5.13 Å². The van der Waals surface area contributed by atoms with Crippen LogP contribution in [0.25, 0.3) is 0 Å². The third-order valence-corrected chi connectivity index (χ3v) is 6.08. The number of aromatic nitrogens is 1. The minimum absolute atomic E-state index is 0.0459. The minimum atomic E-state index is -3.53. The Balaban J connectivity index is 1.70. The van der Waals surface area contributed by atoms with Crippen LogP contribution in [0.2, 0.25) is 0 Å². The van der Waals surface area contributed by atoms with Crippen molar-refractivity contribution in [2.45, 2.75) is 30.4 Å². The summed E-state index contributed by atoms with van der Waals surface area (Å²) in [6, 6.07) is 11.1. The maximum absolute atomic E-state index is 12.4. The normalized spacial score (nSPS) is 11.7. The molecule has 0 aliphatic rings. The molecule has 0 fully saturated rings. The summed E-state index contributed by atoms with van der Waals surface area (Å²) < 4.78 is 30.2. The van der Waals surface area contributed by atoms with Gasteiger partial charge in [-0.05, 0) is 30.2 Å². The van der Waals surface area contributed by atoms with E-state index in [2.05, 4.69) is 10.3 Å². The molecule has 0 bridgehead atoms. The average Bonchev–Trinajstić information content (AvgIpc) is 3.25. The highest BCUT2D eigenvalue weighted by Crippen LogP contribution is 2.23. The molecule has 136 valence electrons. The molecule has 0 spiro atoms. The molecule has 3 aromatic rings. The van der Waals surface area contributed by atoms with E-state index in [9.17, 15) is 13.2 Å². The first kappa shape index (κ1) is 18.3. The summed E-state index contributed by atoms with van der Waals surface area (Å²) in [5.74, 6) is -0.238. The van der Waals surface area contributed by atoms with E-state index >= 15 is 0 Å². The quantitative estimate of drug-likeness (QED) is 0.685. The summed E-state index contributed by atoms with van der Waals surface area (Å²) in [7, 11) is -3.53. The first-order chi connectivity index (χ1) is 12.3. The van der Waals surface area contributed by atoms with Crippen molar-refractivity contribution in [1.82, 2.24) is 4.98 Å². The van der Waals surface area contributed by atoms with Gasteiger partial charge in [-0.25, -0.2) is 13.4 Å². The number of nitrogens with zero attached hydrogens (tertiary/aromatic N) is 1. The van der Waals surface area contributed by atoms with Crippen molar-refractivity contribution in [2.75, 3.05) is 5.32 Å². The second-order valence-corrected chi connectivity index (χ2v) is 8.87. The number of benzene rings is 1. The number of carbonyl (C=O) groups excluding carboxylic acids is 1. The average molecular weight is 390 g/mol. The first-order valence-corrected chi connectivity index (χ1v) is 10.5. The number of carbonyl (C=O) groups is 1. The van der Waals surface area contributed by atoms with Crippen LogP contribution in [0.15, 0.2) is 57.2 Å². The molecule has 2 aromatic heterocycles. The molecule has 3 rings (SSSR count). The number of amides is 1. The van der Waals surface area contributed by atoms with E-state index in [1.165, 1.54) is 35.6 Å². The van der Waals surface area contributed by atoms with Gasteiger partial charge in [-0.3, -0.25) is 10.1 Å². The fourth-order valence-electron chi connectivity index (χ4n) is 2.24. The van der Waals surface area contributed by atoms with Gasteiger partial charge in [0, 0.05) is 5.38 Å². The third kappa shape index (κ3) is 4.20. The number of rotatable bonds is 6. The Hall–Kier alpha value is -2.45. The topological polar surface area (TPSA) is 89.3 Å². The van der Waals surface area contributed by atoms with Crippen LogP contribution < -0.4 is 5.32 Å². The standard InChI is InChI=1S/C18H18N2O4S2/c1-12(2)15-10-25-18(19-15)20-17(21)16-9-8-13(24-16)11-26(22,23)14-6-4-3-5-7-14/h3-10,12H,11H2,1-2H3,(H,19,20,21). The number of furan rings is 1. The molecule has 0 aliphatic carbocycles. The number of anilines is 1. The Morgan fingerprint density at radius 3 is 2.58 bits per heavy atom. The van der Waals surface area contributed by atoms with E-state index in [1.807, 2.05) is 19.2 Å². The second kappa shape index (κ2) is 7.43. The van der Waals surface area contributed by atoms with Crippen LogP contribution in [-0.4, -0.2) is 19.3 Å². The predicted octanol–water partition coefficient (Wildman–Crippen LogP) is 4.09.